The Morgan fingerprint density at radius 1 is 1.31 bits per heavy atom. The molecule has 0 saturated carbocycles. The molecule has 1 aliphatic rings. The van der Waals surface area contributed by atoms with Crippen LogP contribution in [0.4, 0.5) is 10.1 Å². The number of anilines is 1. The maximum Gasteiger partial charge on any atom is 0.333 e. The highest BCUT2D eigenvalue weighted by molar-refractivity contribution is 9.10. The molecule has 2 amide bonds. The lowest BCUT2D eigenvalue weighted by atomic mass is 9.85. The number of benzene rings is 2. The number of halogens is 2. The maximum absolute atomic E-state index is 13.6. The Morgan fingerprint density at radius 2 is 2.03 bits per heavy atom. The number of carboxylic acid groups (broad SMARTS) is 1. The molecule has 2 aromatic rings. The van der Waals surface area contributed by atoms with Crippen molar-refractivity contribution in [2.45, 2.75) is 12.3 Å². The van der Waals surface area contributed by atoms with E-state index in [4.69, 9.17) is 10.5 Å². The topological polar surface area (TPSA) is 110 Å². The van der Waals surface area contributed by atoms with Gasteiger partial charge in [0.05, 0.1) is 23.9 Å². The van der Waals surface area contributed by atoms with E-state index in [-0.39, 0.29) is 29.0 Å². The van der Waals surface area contributed by atoms with Crippen LogP contribution in [0.15, 0.2) is 52.6 Å². The van der Waals surface area contributed by atoms with E-state index in [0.717, 1.165) is 4.90 Å². The van der Waals surface area contributed by atoms with Crippen molar-refractivity contribution >= 4 is 39.4 Å². The number of primary amides is 1. The molecule has 1 atom stereocenters. The second-order valence-corrected chi connectivity index (χ2v) is 7.19. The lowest BCUT2D eigenvalue weighted by Crippen LogP contribution is -2.34. The zero-order chi connectivity index (χ0) is 21.3. The second kappa shape index (κ2) is 8.04. The number of methoxy groups -OCH3 is 1. The van der Waals surface area contributed by atoms with Gasteiger partial charge in [0.25, 0.3) is 0 Å². The fourth-order valence-electron chi connectivity index (χ4n) is 3.20. The van der Waals surface area contributed by atoms with E-state index in [9.17, 15) is 23.9 Å². The van der Waals surface area contributed by atoms with Crippen molar-refractivity contribution in [1.29, 1.82) is 0 Å². The first-order valence-corrected chi connectivity index (χ1v) is 9.22. The lowest BCUT2D eigenvalue weighted by molar-refractivity contribution is -0.133. The van der Waals surface area contributed by atoms with E-state index >= 15 is 0 Å². The van der Waals surface area contributed by atoms with Crippen molar-refractivity contribution in [2.75, 3.05) is 12.0 Å². The Bertz CT molecular complexity index is 1050. The first-order chi connectivity index (χ1) is 13.7. The summed E-state index contributed by atoms with van der Waals surface area (Å²) >= 11 is 3.23. The standard InChI is InChI=1S/C20H16BrFN2O5/c1-29-17-6-13(19(23)26)15(21)8-16(17)24-9-14(20(27)28)12(7-18(24)25)10-3-2-4-11(22)5-10/h2-6,8-9,12H,7H2,1H3,(H2,23,26)(H,27,28). The first kappa shape index (κ1) is 20.5. The number of nitrogens with zero attached hydrogens (tertiary/aromatic N) is 1. The van der Waals surface area contributed by atoms with Crippen LogP contribution in [0.2, 0.25) is 0 Å². The molecular weight excluding hydrogens is 447 g/mol. The molecule has 0 aliphatic carbocycles. The smallest absolute Gasteiger partial charge is 0.333 e. The van der Waals surface area contributed by atoms with Gasteiger partial charge < -0.3 is 15.6 Å². The molecular formula is C20H16BrFN2O5. The maximum atomic E-state index is 13.6. The predicted octanol–water partition coefficient (Wildman–Crippen LogP) is 3.18. The highest BCUT2D eigenvalue weighted by Crippen LogP contribution is 2.40. The molecule has 2 aromatic carbocycles. The number of carbonyl (C=O) groups is 3. The summed E-state index contributed by atoms with van der Waals surface area (Å²) in [5.41, 5.74) is 6.03. The number of hydrogen-bond acceptors (Lipinski definition) is 4. The zero-order valence-electron chi connectivity index (χ0n) is 15.2. The van der Waals surface area contributed by atoms with E-state index in [1.165, 1.54) is 43.6 Å². The van der Waals surface area contributed by atoms with Gasteiger partial charge in [-0.2, -0.15) is 0 Å². The van der Waals surface area contributed by atoms with Crippen molar-refractivity contribution in [2.24, 2.45) is 5.73 Å². The Balaban J connectivity index is 2.12. The number of rotatable bonds is 5. The second-order valence-electron chi connectivity index (χ2n) is 6.33. The molecule has 0 spiro atoms. The fourth-order valence-corrected chi connectivity index (χ4v) is 3.72. The number of carbonyl (C=O) groups excluding carboxylic acids is 2. The van der Waals surface area contributed by atoms with Gasteiger partial charge in [-0.25, -0.2) is 9.18 Å². The minimum absolute atomic E-state index is 0.0765. The van der Waals surface area contributed by atoms with Crippen molar-refractivity contribution in [3.63, 3.8) is 0 Å². The highest BCUT2D eigenvalue weighted by Gasteiger charge is 2.34. The van der Waals surface area contributed by atoms with E-state index < -0.39 is 29.5 Å². The Morgan fingerprint density at radius 3 is 2.62 bits per heavy atom. The lowest BCUT2D eigenvalue weighted by Gasteiger charge is -2.30. The van der Waals surface area contributed by atoms with Crippen LogP contribution in [0.5, 0.6) is 5.75 Å². The molecule has 29 heavy (non-hydrogen) atoms. The Hall–Kier alpha value is -3.20. The van der Waals surface area contributed by atoms with Crippen LogP contribution < -0.4 is 15.4 Å². The average Bonchev–Trinajstić information content (AvgIpc) is 2.67. The molecule has 0 saturated heterocycles. The van der Waals surface area contributed by atoms with Crippen LogP contribution in [0.1, 0.15) is 28.3 Å². The van der Waals surface area contributed by atoms with Crippen molar-refractivity contribution < 1.29 is 28.6 Å². The summed E-state index contributed by atoms with van der Waals surface area (Å²) < 4.78 is 19.2. The van der Waals surface area contributed by atoms with Gasteiger partial charge in [0, 0.05) is 23.0 Å². The van der Waals surface area contributed by atoms with Gasteiger partial charge >= 0.3 is 5.97 Å². The van der Waals surface area contributed by atoms with E-state index in [1.807, 2.05) is 0 Å². The normalized spacial score (nSPS) is 16.4. The number of nitrogens with two attached hydrogens (primary N) is 1. The van der Waals surface area contributed by atoms with Gasteiger partial charge in [0.1, 0.15) is 11.6 Å². The molecule has 1 aliphatic heterocycles. The number of carboxylic acids is 1. The quantitative estimate of drug-likeness (QED) is 0.708. The molecule has 3 rings (SSSR count). The van der Waals surface area contributed by atoms with E-state index in [1.54, 1.807) is 6.07 Å². The van der Waals surface area contributed by atoms with Crippen molar-refractivity contribution in [3.8, 4) is 5.75 Å². The fraction of sp³-hybridized carbons (Fsp3) is 0.150. The SMILES string of the molecule is COc1cc(C(N)=O)c(Br)cc1N1C=C(C(=O)O)C(c2cccc(F)c2)CC1=O. The molecule has 1 heterocycles. The van der Waals surface area contributed by atoms with Gasteiger partial charge in [-0.1, -0.05) is 12.1 Å². The number of hydrogen-bond donors (Lipinski definition) is 2. The number of ether oxygens (including phenoxy) is 1. The van der Waals surface area contributed by atoms with Crippen molar-refractivity contribution in [3.05, 3.63) is 69.6 Å². The molecule has 7 nitrogen and oxygen atoms in total. The monoisotopic (exact) mass is 462 g/mol. The van der Waals surface area contributed by atoms with Crippen LogP contribution in [-0.2, 0) is 9.59 Å². The molecule has 9 heteroatoms. The van der Waals surface area contributed by atoms with Gasteiger partial charge in [0.2, 0.25) is 11.8 Å². The zero-order valence-corrected chi connectivity index (χ0v) is 16.8. The summed E-state index contributed by atoms with van der Waals surface area (Å²) in [6.07, 6.45) is 1.01. The van der Waals surface area contributed by atoms with Gasteiger partial charge in [-0.05, 0) is 45.8 Å². The number of aliphatic carboxylic acids is 1. The summed E-state index contributed by atoms with van der Waals surface area (Å²) in [4.78, 5) is 37.4. The third-order valence-electron chi connectivity index (χ3n) is 4.58. The Labute approximate surface area is 173 Å². The summed E-state index contributed by atoms with van der Waals surface area (Å²) in [5.74, 6) is -3.49. The Kier molecular flexibility index (Phi) is 5.69. The highest BCUT2D eigenvalue weighted by atomic mass is 79.9. The minimum atomic E-state index is -1.23. The first-order valence-electron chi connectivity index (χ1n) is 8.42. The van der Waals surface area contributed by atoms with E-state index in [0.29, 0.717) is 10.0 Å². The molecule has 1 unspecified atom stereocenters. The largest absolute Gasteiger partial charge is 0.495 e. The molecule has 0 fully saturated rings. The number of amides is 2. The summed E-state index contributed by atoms with van der Waals surface area (Å²) in [6, 6.07) is 8.31. The minimum Gasteiger partial charge on any atom is -0.495 e. The molecule has 0 bridgehead atoms. The van der Waals surface area contributed by atoms with E-state index in [2.05, 4.69) is 15.9 Å². The summed E-state index contributed by atoms with van der Waals surface area (Å²) in [6.45, 7) is 0. The average molecular weight is 463 g/mol. The summed E-state index contributed by atoms with van der Waals surface area (Å²) in [7, 11) is 1.35. The van der Waals surface area contributed by atoms with Crippen LogP contribution in [0.25, 0.3) is 0 Å². The summed E-state index contributed by atoms with van der Waals surface area (Å²) in [5, 5.41) is 9.69. The molecule has 150 valence electrons. The van der Waals surface area contributed by atoms with Crippen LogP contribution in [0.3, 0.4) is 0 Å². The van der Waals surface area contributed by atoms with Gasteiger partial charge in [-0.15, -0.1) is 0 Å². The van der Waals surface area contributed by atoms with Crippen LogP contribution in [-0.4, -0.2) is 30.0 Å². The van der Waals surface area contributed by atoms with Crippen LogP contribution in [0, 0.1) is 5.82 Å². The predicted molar refractivity (Wildman–Crippen MR) is 106 cm³/mol. The van der Waals surface area contributed by atoms with Gasteiger partial charge in [0.15, 0.2) is 0 Å². The molecule has 0 aromatic heterocycles. The molecule has 3 N–H and O–H groups in total. The van der Waals surface area contributed by atoms with Crippen LogP contribution >= 0.6 is 15.9 Å². The molecule has 0 radical (unpaired) electrons. The van der Waals surface area contributed by atoms with Gasteiger partial charge in [-0.3, -0.25) is 14.5 Å². The third kappa shape index (κ3) is 4.00. The third-order valence-corrected chi connectivity index (χ3v) is 5.24. The van der Waals surface area contributed by atoms with Crippen molar-refractivity contribution in [1.82, 2.24) is 0 Å².